The monoisotopic (exact) mass is 271 g/mol. The Labute approximate surface area is 97.1 Å². The summed E-state index contributed by atoms with van der Waals surface area (Å²) in [7, 11) is 0. The van der Waals surface area contributed by atoms with Crippen LogP contribution in [0.25, 0.3) is 0 Å². The zero-order valence-corrected chi connectivity index (χ0v) is 11.1. The molecule has 4 heteroatoms. The van der Waals surface area contributed by atoms with Gasteiger partial charge in [-0.1, -0.05) is 0 Å². The van der Waals surface area contributed by atoms with Crippen LogP contribution in [0.15, 0.2) is 0 Å². The van der Waals surface area contributed by atoms with Gasteiger partial charge in [0.25, 0.3) is 0 Å². The number of hydrogen-bond donors (Lipinski definition) is 0. The van der Waals surface area contributed by atoms with E-state index in [1.165, 1.54) is 49.1 Å². The summed E-state index contributed by atoms with van der Waals surface area (Å²) >= 11 is 1.71. The minimum absolute atomic E-state index is 0. The summed E-state index contributed by atoms with van der Waals surface area (Å²) in [5.74, 6) is 0. The molecule has 0 saturated carbocycles. The molecule has 0 aliphatic rings. The normalized spacial score (nSPS) is 7.69. The maximum atomic E-state index is 2.27. The first-order valence-corrected chi connectivity index (χ1v) is 6.30. The van der Waals surface area contributed by atoms with Crippen molar-refractivity contribution in [3.05, 3.63) is 0 Å². The van der Waals surface area contributed by atoms with Crippen LogP contribution in [0.1, 0.15) is 51.9 Å². The maximum absolute atomic E-state index is 2.27. The molecule has 0 aliphatic heterocycles. The van der Waals surface area contributed by atoms with Crippen LogP contribution >= 0.6 is 0 Å². The first-order chi connectivity index (χ1) is 4.91. The van der Waals surface area contributed by atoms with Crippen molar-refractivity contribution in [2.45, 2.75) is 56.0 Å². The molecule has 0 radical (unpaired) electrons. The van der Waals surface area contributed by atoms with Crippen molar-refractivity contribution in [1.82, 2.24) is 0 Å². The van der Waals surface area contributed by atoms with Gasteiger partial charge < -0.3 is 16.4 Å². The number of unbranched alkanes of at least 4 members (excludes halogenated alkanes) is 6. The predicted octanol–water partition coefficient (Wildman–Crippen LogP) is 1.23. The second-order valence-corrected chi connectivity index (χ2v) is 4.10. The molecule has 3 nitrogen and oxygen atoms in total. The van der Waals surface area contributed by atoms with Gasteiger partial charge in [-0.2, -0.15) is 0 Å². The molecule has 0 aromatic heterocycles. The van der Waals surface area contributed by atoms with Crippen LogP contribution in [0.2, 0.25) is 4.13 Å². The van der Waals surface area contributed by atoms with Crippen molar-refractivity contribution in [1.29, 1.82) is 0 Å². The van der Waals surface area contributed by atoms with Gasteiger partial charge in [0.05, 0.1) is 0 Å². The summed E-state index contributed by atoms with van der Waals surface area (Å²) < 4.78 is 1.46. The van der Waals surface area contributed by atoms with E-state index in [9.17, 15) is 0 Å². The Kier molecular flexibility index (Phi) is 41.6. The average Bonchev–Trinajstić information content (AvgIpc) is 1.97. The Morgan fingerprint density at radius 1 is 0.692 bits per heavy atom. The third-order valence-electron chi connectivity index (χ3n) is 1.78. The SMILES string of the molecule is CCCCCCCC[CH2][Zr].O.O.O. The van der Waals surface area contributed by atoms with E-state index in [0.717, 1.165) is 0 Å². The van der Waals surface area contributed by atoms with E-state index in [1.54, 1.807) is 24.7 Å². The quantitative estimate of drug-likeness (QED) is 0.623. The largest absolute Gasteiger partial charge is 0.412 e. The zero-order valence-electron chi connectivity index (χ0n) is 8.66. The summed E-state index contributed by atoms with van der Waals surface area (Å²) in [6, 6.07) is 0. The smallest absolute Gasteiger partial charge is 0.412 e. The Balaban J connectivity index is -0.000000135. The van der Waals surface area contributed by atoms with Crippen LogP contribution in [0, 0.1) is 0 Å². The molecule has 0 aromatic rings. The van der Waals surface area contributed by atoms with Gasteiger partial charge in [-0.25, -0.2) is 0 Å². The fourth-order valence-corrected chi connectivity index (χ4v) is 1.70. The maximum Gasteiger partial charge on any atom is -0.412 e. The molecule has 0 rings (SSSR count). The molecule has 0 aliphatic carbocycles. The van der Waals surface area contributed by atoms with E-state index in [1.807, 2.05) is 0 Å². The topological polar surface area (TPSA) is 94.5 Å². The van der Waals surface area contributed by atoms with Crippen LogP contribution in [-0.2, 0) is 24.7 Å². The fourth-order valence-electron chi connectivity index (χ4n) is 1.08. The standard InChI is InChI=1S/C9H19.3H2O.Zr/c1-3-5-7-9-8-6-4-2;;;;/h1,3-9H2,2H3;3*1H2;. The van der Waals surface area contributed by atoms with Gasteiger partial charge in [-0.3, -0.25) is 0 Å². The summed E-state index contributed by atoms with van der Waals surface area (Å²) in [6.45, 7) is 2.27. The minimum atomic E-state index is 0. The van der Waals surface area contributed by atoms with Gasteiger partial charge in [-0.15, -0.1) is 0 Å². The van der Waals surface area contributed by atoms with Crippen LogP contribution in [0.4, 0.5) is 0 Å². The minimum Gasteiger partial charge on any atom is -0.412 e. The van der Waals surface area contributed by atoms with E-state index < -0.39 is 0 Å². The molecule has 0 saturated heterocycles. The molecule has 0 spiro atoms. The first kappa shape index (κ1) is 23.5. The summed E-state index contributed by atoms with van der Waals surface area (Å²) in [5, 5.41) is 0. The molecule has 0 heterocycles. The van der Waals surface area contributed by atoms with Gasteiger partial charge in [0.2, 0.25) is 0 Å². The van der Waals surface area contributed by atoms with E-state index in [2.05, 4.69) is 6.92 Å². The van der Waals surface area contributed by atoms with E-state index in [4.69, 9.17) is 0 Å². The molecule has 13 heavy (non-hydrogen) atoms. The summed E-state index contributed by atoms with van der Waals surface area (Å²) in [5.41, 5.74) is 0. The predicted molar refractivity (Wildman–Crippen MR) is 53.6 cm³/mol. The molecular weight excluding hydrogens is 247 g/mol. The molecule has 0 aromatic carbocycles. The van der Waals surface area contributed by atoms with Gasteiger partial charge in [0.1, 0.15) is 0 Å². The van der Waals surface area contributed by atoms with Gasteiger partial charge in [0, 0.05) is 0 Å². The molecule has 0 amide bonds. The molecule has 0 atom stereocenters. The van der Waals surface area contributed by atoms with E-state index in [0.29, 0.717) is 0 Å². The zero-order chi connectivity index (χ0) is 7.66. The van der Waals surface area contributed by atoms with Crippen molar-refractivity contribution >= 4 is 0 Å². The second-order valence-electron chi connectivity index (χ2n) is 2.87. The first-order valence-electron chi connectivity index (χ1n) is 4.56. The Bertz CT molecular complexity index is 54.8. The van der Waals surface area contributed by atoms with Crippen molar-refractivity contribution in [3.63, 3.8) is 0 Å². The van der Waals surface area contributed by atoms with Crippen molar-refractivity contribution in [3.8, 4) is 0 Å². The second kappa shape index (κ2) is 23.0. The molecule has 83 valence electrons. The molecule has 0 bridgehead atoms. The number of hydrogen-bond acceptors (Lipinski definition) is 0. The molecular formula is C9H25O3Zr. The number of rotatable bonds is 7. The Morgan fingerprint density at radius 2 is 1.08 bits per heavy atom. The fraction of sp³-hybridized carbons (Fsp3) is 1.00. The third-order valence-corrected chi connectivity index (χ3v) is 2.65. The third kappa shape index (κ3) is 24.5. The Morgan fingerprint density at radius 3 is 1.46 bits per heavy atom. The van der Waals surface area contributed by atoms with E-state index in [-0.39, 0.29) is 16.4 Å². The summed E-state index contributed by atoms with van der Waals surface area (Å²) in [4.78, 5) is 0. The van der Waals surface area contributed by atoms with Gasteiger partial charge >= 0.3 is 80.7 Å². The van der Waals surface area contributed by atoms with Crippen molar-refractivity contribution < 1.29 is 41.1 Å². The molecule has 6 N–H and O–H groups in total. The van der Waals surface area contributed by atoms with Crippen LogP contribution < -0.4 is 0 Å². The molecule has 0 unspecified atom stereocenters. The molecule has 0 fully saturated rings. The summed E-state index contributed by atoms with van der Waals surface area (Å²) in [6.07, 6.45) is 10.2. The van der Waals surface area contributed by atoms with E-state index >= 15 is 0 Å². The Hall–Kier alpha value is 0.763. The van der Waals surface area contributed by atoms with Crippen LogP contribution in [0.3, 0.4) is 0 Å². The van der Waals surface area contributed by atoms with Gasteiger partial charge in [-0.05, 0) is 0 Å². The van der Waals surface area contributed by atoms with Gasteiger partial charge in [0.15, 0.2) is 0 Å². The average molecular weight is 273 g/mol. The van der Waals surface area contributed by atoms with Crippen LogP contribution in [-0.4, -0.2) is 16.4 Å². The van der Waals surface area contributed by atoms with Crippen molar-refractivity contribution in [2.75, 3.05) is 0 Å². The van der Waals surface area contributed by atoms with Crippen molar-refractivity contribution in [2.24, 2.45) is 0 Å². The van der Waals surface area contributed by atoms with Crippen LogP contribution in [0.5, 0.6) is 0 Å².